The molecule has 0 aliphatic heterocycles. The molecule has 0 heterocycles. The van der Waals surface area contributed by atoms with Crippen LogP contribution in [0.25, 0.3) is 0 Å². The molecule has 1 aliphatic rings. The summed E-state index contributed by atoms with van der Waals surface area (Å²) in [5.41, 5.74) is 3.02. The molecule has 3 nitrogen and oxygen atoms in total. The van der Waals surface area contributed by atoms with Gasteiger partial charge in [0.1, 0.15) is 0 Å². The lowest BCUT2D eigenvalue weighted by atomic mass is 9.76. The maximum absolute atomic E-state index is 5.69. The van der Waals surface area contributed by atoms with Gasteiger partial charge in [-0.05, 0) is 37.5 Å². The van der Waals surface area contributed by atoms with Crippen molar-refractivity contribution < 1.29 is 4.74 Å². The Balaban J connectivity index is 2.24. The molecule has 0 radical (unpaired) electrons. The zero-order valence-corrected chi connectivity index (χ0v) is 11.6. The standard InChI is InChI=1S/C14H30N2O/c1-3-5-12-7-9-13(10-8-12)14(16-15)6-4-11-17-2/h12-14,16H,3-11,15H2,1-2H3. The fraction of sp³-hybridized carbons (Fsp3) is 1.00. The molecule has 0 amide bonds. The smallest absolute Gasteiger partial charge is 0.0462 e. The molecule has 1 aliphatic carbocycles. The fourth-order valence-electron chi connectivity index (χ4n) is 3.19. The Bertz CT molecular complexity index is 179. The first kappa shape index (κ1) is 14.9. The highest BCUT2D eigenvalue weighted by Crippen LogP contribution is 2.34. The number of methoxy groups -OCH3 is 1. The highest BCUT2D eigenvalue weighted by molar-refractivity contribution is 4.80. The lowest BCUT2D eigenvalue weighted by molar-refractivity contribution is 0.169. The Labute approximate surface area is 106 Å². The van der Waals surface area contributed by atoms with Crippen molar-refractivity contribution >= 4 is 0 Å². The van der Waals surface area contributed by atoms with Crippen LogP contribution in [0.4, 0.5) is 0 Å². The molecule has 1 saturated carbocycles. The lowest BCUT2D eigenvalue weighted by Gasteiger charge is -2.33. The van der Waals surface area contributed by atoms with Crippen molar-refractivity contribution in [2.75, 3.05) is 13.7 Å². The molecule has 102 valence electrons. The number of nitrogens with two attached hydrogens (primary N) is 1. The molecule has 1 fully saturated rings. The van der Waals surface area contributed by atoms with E-state index in [4.69, 9.17) is 10.6 Å². The van der Waals surface area contributed by atoms with Crippen LogP contribution in [0, 0.1) is 11.8 Å². The van der Waals surface area contributed by atoms with Gasteiger partial charge in [0.05, 0.1) is 0 Å². The van der Waals surface area contributed by atoms with Crippen LogP contribution in [-0.2, 0) is 4.74 Å². The van der Waals surface area contributed by atoms with E-state index in [1.54, 1.807) is 7.11 Å². The van der Waals surface area contributed by atoms with Crippen LogP contribution in [0.3, 0.4) is 0 Å². The van der Waals surface area contributed by atoms with Crippen LogP contribution in [-0.4, -0.2) is 19.8 Å². The van der Waals surface area contributed by atoms with Crippen LogP contribution < -0.4 is 11.3 Å². The van der Waals surface area contributed by atoms with Crippen molar-refractivity contribution in [3.05, 3.63) is 0 Å². The van der Waals surface area contributed by atoms with E-state index >= 15 is 0 Å². The van der Waals surface area contributed by atoms with Crippen LogP contribution in [0.1, 0.15) is 58.3 Å². The molecule has 3 heteroatoms. The van der Waals surface area contributed by atoms with E-state index in [0.29, 0.717) is 6.04 Å². The SMILES string of the molecule is CCCC1CCC(C(CCCOC)NN)CC1. The van der Waals surface area contributed by atoms with Crippen LogP contribution in [0.15, 0.2) is 0 Å². The van der Waals surface area contributed by atoms with Gasteiger partial charge in [-0.15, -0.1) is 0 Å². The monoisotopic (exact) mass is 242 g/mol. The number of ether oxygens (including phenoxy) is 1. The van der Waals surface area contributed by atoms with Crippen molar-refractivity contribution in [2.45, 2.75) is 64.3 Å². The molecule has 0 aromatic rings. The lowest BCUT2D eigenvalue weighted by Crippen LogP contribution is -2.42. The normalized spacial score (nSPS) is 27.0. The summed E-state index contributed by atoms with van der Waals surface area (Å²) in [6.45, 7) is 3.14. The van der Waals surface area contributed by atoms with Gasteiger partial charge < -0.3 is 4.74 Å². The molecular weight excluding hydrogens is 212 g/mol. The number of rotatable bonds is 8. The Morgan fingerprint density at radius 1 is 1.29 bits per heavy atom. The van der Waals surface area contributed by atoms with E-state index in [0.717, 1.165) is 31.3 Å². The number of hydrogen-bond acceptors (Lipinski definition) is 3. The molecule has 1 unspecified atom stereocenters. The fourth-order valence-corrected chi connectivity index (χ4v) is 3.19. The van der Waals surface area contributed by atoms with Crippen molar-refractivity contribution in [2.24, 2.45) is 17.7 Å². The van der Waals surface area contributed by atoms with Gasteiger partial charge in [0.15, 0.2) is 0 Å². The second-order valence-electron chi connectivity index (χ2n) is 5.48. The minimum Gasteiger partial charge on any atom is -0.385 e. The van der Waals surface area contributed by atoms with Crippen LogP contribution >= 0.6 is 0 Å². The van der Waals surface area contributed by atoms with Gasteiger partial charge in [0.2, 0.25) is 0 Å². The summed E-state index contributed by atoms with van der Waals surface area (Å²) in [6, 6.07) is 0.493. The number of hydrazine groups is 1. The van der Waals surface area contributed by atoms with Gasteiger partial charge in [-0.2, -0.15) is 0 Å². The highest BCUT2D eigenvalue weighted by Gasteiger charge is 2.26. The molecule has 17 heavy (non-hydrogen) atoms. The summed E-state index contributed by atoms with van der Waals surface area (Å²) in [5, 5.41) is 0. The molecule has 0 aromatic carbocycles. The molecule has 0 aromatic heterocycles. The van der Waals surface area contributed by atoms with E-state index in [1.807, 2.05) is 0 Å². The molecule has 0 saturated heterocycles. The Morgan fingerprint density at radius 3 is 2.53 bits per heavy atom. The third-order valence-electron chi connectivity index (χ3n) is 4.24. The van der Waals surface area contributed by atoms with Crippen LogP contribution in [0.5, 0.6) is 0 Å². The second kappa shape index (κ2) is 8.90. The van der Waals surface area contributed by atoms with E-state index in [1.165, 1.54) is 38.5 Å². The number of nitrogens with one attached hydrogen (secondary N) is 1. The quantitative estimate of drug-likeness (QED) is 0.391. The van der Waals surface area contributed by atoms with Gasteiger partial charge in [-0.1, -0.05) is 32.6 Å². The maximum Gasteiger partial charge on any atom is 0.0462 e. The molecule has 1 atom stereocenters. The molecule has 3 N–H and O–H groups in total. The van der Waals surface area contributed by atoms with Gasteiger partial charge >= 0.3 is 0 Å². The first-order valence-electron chi connectivity index (χ1n) is 7.26. The number of hydrogen-bond donors (Lipinski definition) is 2. The summed E-state index contributed by atoms with van der Waals surface area (Å²) in [4.78, 5) is 0. The average Bonchev–Trinajstić information content (AvgIpc) is 2.36. The van der Waals surface area contributed by atoms with Gasteiger partial charge in [0.25, 0.3) is 0 Å². The Kier molecular flexibility index (Phi) is 7.82. The molecule has 1 rings (SSSR count). The third-order valence-corrected chi connectivity index (χ3v) is 4.24. The third kappa shape index (κ3) is 5.36. The topological polar surface area (TPSA) is 47.3 Å². The predicted octanol–water partition coefficient (Wildman–Crippen LogP) is 2.85. The van der Waals surface area contributed by atoms with Gasteiger partial charge in [-0.25, -0.2) is 0 Å². The molecule has 0 bridgehead atoms. The summed E-state index contributed by atoms with van der Waals surface area (Å²) < 4.78 is 5.10. The first-order chi connectivity index (χ1) is 8.31. The van der Waals surface area contributed by atoms with Crippen molar-refractivity contribution in [1.82, 2.24) is 5.43 Å². The van der Waals surface area contributed by atoms with Crippen molar-refractivity contribution in [3.63, 3.8) is 0 Å². The maximum atomic E-state index is 5.69. The minimum atomic E-state index is 0.493. The van der Waals surface area contributed by atoms with Gasteiger partial charge in [0, 0.05) is 19.8 Å². The van der Waals surface area contributed by atoms with E-state index < -0.39 is 0 Å². The average molecular weight is 242 g/mol. The minimum absolute atomic E-state index is 0.493. The van der Waals surface area contributed by atoms with Crippen molar-refractivity contribution in [3.8, 4) is 0 Å². The van der Waals surface area contributed by atoms with E-state index in [2.05, 4.69) is 12.3 Å². The van der Waals surface area contributed by atoms with E-state index in [9.17, 15) is 0 Å². The molecular formula is C14H30N2O. The summed E-state index contributed by atoms with van der Waals surface area (Å²) in [5.74, 6) is 7.45. The Hall–Kier alpha value is -0.120. The summed E-state index contributed by atoms with van der Waals surface area (Å²) >= 11 is 0. The van der Waals surface area contributed by atoms with Crippen LogP contribution in [0.2, 0.25) is 0 Å². The highest BCUT2D eigenvalue weighted by atomic mass is 16.5. The Morgan fingerprint density at radius 2 is 2.00 bits per heavy atom. The summed E-state index contributed by atoms with van der Waals surface area (Å²) in [6.07, 6.45) is 10.5. The van der Waals surface area contributed by atoms with Gasteiger partial charge in [-0.3, -0.25) is 11.3 Å². The predicted molar refractivity (Wildman–Crippen MR) is 72.6 cm³/mol. The zero-order valence-electron chi connectivity index (χ0n) is 11.6. The molecule has 0 spiro atoms. The zero-order chi connectivity index (χ0) is 12.5. The second-order valence-corrected chi connectivity index (χ2v) is 5.48. The largest absolute Gasteiger partial charge is 0.385 e. The first-order valence-corrected chi connectivity index (χ1v) is 7.26. The van der Waals surface area contributed by atoms with E-state index in [-0.39, 0.29) is 0 Å². The van der Waals surface area contributed by atoms with Crippen molar-refractivity contribution in [1.29, 1.82) is 0 Å². The summed E-state index contributed by atoms with van der Waals surface area (Å²) in [7, 11) is 1.76.